The number of carbonyl (C=O) groups excluding carboxylic acids is 2. The van der Waals surface area contributed by atoms with E-state index in [1.165, 1.54) is 18.2 Å². The summed E-state index contributed by atoms with van der Waals surface area (Å²) in [7, 11) is -3.72. The Morgan fingerprint density at radius 2 is 1.63 bits per heavy atom. The Morgan fingerprint density at radius 3 is 2.19 bits per heavy atom. The minimum Gasteiger partial charge on any atom is -0.350 e. The molecule has 0 aliphatic heterocycles. The van der Waals surface area contributed by atoms with Crippen LogP contribution in [0.4, 0.5) is 0 Å². The number of nitrogens with two attached hydrogens (primary N) is 1. The first-order valence-electron chi connectivity index (χ1n) is 8.34. The van der Waals surface area contributed by atoms with Gasteiger partial charge in [-0.15, -0.1) is 0 Å². The van der Waals surface area contributed by atoms with Crippen LogP contribution in [0.3, 0.4) is 0 Å². The van der Waals surface area contributed by atoms with Crippen molar-refractivity contribution >= 4 is 21.8 Å². The van der Waals surface area contributed by atoms with Crippen LogP contribution >= 0.6 is 0 Å². The normalized spacial score (nSPS) is 11.3. The quantitative estimate of drug-likeness (QED) is 0.645. The molecule has 8 nitrogen and oxygen atoms in total. The molecule has 144 valence electrons. The maximum absolute atomic E-state index is 12.2. The fourth-order valence-electron chi connectivity index (χ4n) is 2.28. The van der Waals surface area contributed by atoms with Crippen LogP contribution in [0.1, 0.15) is 40.4 Å². The lowest BCUT2D eigenvalue weighted by molar-refractivity contribution is 0.0936. The van der Waals surface area contributed by atoms with Crippen molar-refractivity contribution in [3.8, 4) is 0 Å². The van der Waals surface area contributed by atoms with Gasteiger partial charge in [0.05, 0.1) is 4.90 Å². The average Bonchev–Trinajstić information content (AvgIpc) is 2.61. The van der Waals surface area contributed by atoms with E-state index in [9.17, 15) is 18.0 Å². The summed E-state index contributed by atoms with van der Waals surface area (Å²) in [6, 6.07) is 10.8. The average molecular weight is 390 g/mol. The van der Waals surface area contributed by atoms with Crippen LogP contribution in [0.5, 0.6) is 0 Å². The molecule has 0 bridgehead atoms. The summed E-state index contributed by atoms with van der Waals surface area (Å²) in [5.41, 5.74) is 1.17. The number of hydrogen-bond acceptors (Lipinski definition) is 5. The largest absolute Gasteiger partial charge is 0.350 e. The highest BCUT2D eigenvalue weighted by molar-refractivity contribution is 7.89. The first kappa shape index (κ1) is 20.5. The number of pyridine rings is 1. The molecular weight excluding hydrogens is 368 g/mol. The van der Waals surface area contributed by atoms with E-state index in [1.807, 2.05) is 13.8 Å². The molecule has 9 heteroatoms. The molecule has 0 spiro atoms. The summed E-state index contributed by atoms with van der Waals surface area (Å²) in [4.78, 5) is 28.3. The van der Waals surface area contributed by atoms with Gasteiger partial charge in [-0.25, -0.2) is 18.5 Å². The van der Waals surface area contributed by atoms with Crippen LogP contribution in [0.15, 0.2) is 47.4 Å². The van der Waals surface area contributed by atoms with Crippen molar-refractivity contribution in [3.63, 3.8) is 0 Å². The molecule has 0 saturated heterocycles. The Balaban J connectivity index is 1.93. The highest BCUT2D eigenvalue weighted by atomic mass is 32.2. The topological polar surface area (TPSA) is 131 Å². The van der Waals surface area contributed by atoms with Gasteiger partial charge < -0.3 is 10.6 Å². The van der Waals surface area contributed by atoms with Crippen molar-refractivity contribution < 1.29 is 18.0 Å². The maximum Gasteiger partial charge on any atom is 0.270 e. The molecule has 1 heterocycles. The van der Waals surface area contributed by atoms with E-state index in [4.69, 9.17) is 5.14 Å². The first-order chi connectivity index (χ1) is 12.7. The summed E-state index contributed by atoms with van der Waals surface area (Å²) < 4.78 is 22.4. The molecule has 1 aromatic heterocycles. The third-order valence-electron chi connectivity index (χ3n) is 3.59. The van der Waals surface area contributed by atoms with E-state index < -0.39 is 15.9 Å². The zero-order chi connectivity index (χ0) is 20.0. The minimum absolute atomic E-state index is 0.0302. The molecule has 0 unspecified atom stereocenters. The SMILES string of the molecule is CC(C)NC(=O)c1cccc(C(=O)NCCc2ccc(S(N)(=O)=O)cc2)n1. The van der Waals surface area contributed by atoms with Gasteiger partial charge in [-0.05, 0) is 50.1 Å². The van der Waals surface area contributed by atoms with Crippen molar-refractivity contribution in [1.82, 2.24) is 15.6 Å². The van der Waals surface area contributed by atoms with Crippen LogP contribution in [0.2, 0.25) is 0 Å². The van der Waals surface area contributed by atoms with Gasteiger partial charge in [0.25, 0.3) is 11.8 Å². The van der Waals surface area contributed by atoms with Gasteiger partial charge in [-0.3, -0.25) is 9.59 Å². The van der Waals surface area contributed by atoms with Crippen LogP contribution in [-0.2, 0) is 16.4 Å². The van der Waals surface area contributed by atoms with Crippen LogP contribution in [-0.4, -0.2) is 37.8 Å². The predicted octanol–water partition coefficient (Wildman–Crippen LogP) is 0.840. The molecule has 0 aliphatic carbocycles. The van der Waals surface area contributed by atoms with E-state index in [-0.39, 0.29) is 28.2 Å². The molecular formula is C18H22N4O4S. The number of hydrogen-bond donors (Lipinski definition) is 3. The smallest absolute Gasteiger partial charge is 0.270 e. The molecule has 2 amide bonds. The molecule has 0 aliphatic rings. The second-order valence-corrected chi connectivity index (χ2v) is 7.79. The molecule has 1 aromatic carbocycles. The van der Waals surface area contributed by atoms with Gasteiger partial charge in [-0.1, -0.05) is 18.2 Å². The lowest BCUT2D eigenvalue weighted by Gasteiger charge is -2.09. The Kier molecular flexibility index (Phi) is 6.65. The number of sulfonamides is 1. The molecule has 0 fully saturated rings. The Hall–Kier alpha value is -2.78. The Labute approximate surface area is 158 Å². The zero-order valence-electron chi connectivity index (χ0n) is 15.1. The maximum atomic E-state index is 12.2. The van der Waals surface area contributed by atoms with Gasteiger partial charge >= 0.3 is 0 Å². The fraction of sp³-hybridized carbons (Fsp3) is 0.278. The zero-order valence-corrected chi connectivity index (χ0v) is 15.9. The van der Waals surface area contributed by atoms with Gasteiger partial charge in [-0.2, -0.15) is 0 Å². The highest BCUT2D eigenvalue weighted by Crippen LogP contribution is 2.09. The van der Waals surface area contributed by atoms with Crippen LogP contribution < -0.4 is 15.8 Å². The van der Waals surface area contributed by atoms with Gasteiger partial charge in [0.15, 0.2) is 0 Å². The molecule has 27 heavy (non-hydrogen) atoms. The van der Waals surface area contributed by atoms with Crippen molar-refractivity contribution in [1.29, 1.82) is 0 Å². The third kappa shape index (κ3) is 6.15. The van der Waals surface area contributed by atoms with Crippen molar-refractivity contribution in [2.75, 3.05) is 6.54 Å². The predicted molar refractivity (Wildman–Crippen MR) is 101 cm³/mol. The monoisotopic (exact) mass is 390 g/mol. The number of amides is 2. The summed E-state index contributed by atoms with van der Waals surface area (Å²) in [6.07, 6.45) is 0.504. The highest BCUT2D eigenvalue weighted by Gasteiger charge is 2.13. The van der Waals surface area contributed by atoms with Gasteiger partial charge in [0.1, 0.15) is 11.4 Å². The molecule has 0 atom stereocenters. The van der Waals surface area contributed by atoms with E-state index in [1.54, 1.807) is 24.3 Å². The molecule has 0 saturated carbocycles. The number of nitrogens with zero attached hydrogens (tertiary/aromatic N) is 1. The number of nitrogens with one attached hydrogen (secondary N) is 2. The lowest BCUT2D eigenvalue weighted by atomic mass is 10.1. The number of aromatic nitrogens is 1. The number of primary sulfonamides is 1. The number of carbonyl (C=O) groups is 2. The van der Waals surface area contributed by atoms with Crippen molar-refractivity contribution in [2.45, 2.75) is 31.2 Å². The van der Waals surface area contributed by atoms with Crippen LogP contribution in [0, 0.1) is 0 Å². The second kappa shape index (κ2) is 8.74. The van der Waals surface area contributed by atoms with Crippen molar-refractivity contribution in [3.05, 3.63) is 59.4 Å². The fourth-order valence-corrected chi connectivity index (χ4v) is 2.80. The molecule has 2 aromatic rings. The second-order valence-electron chi connectivity index (χ2n) is 6.23. The Bertz CT molecular complexity index is 925. The summed E-state index contributed by atoms with van der Waals surface area (Å²) in [5, 5.41) is 10.5. The first-order valence-corrected chi connectivity index (χ1v) is 9.89. The molecule has 2 rings (SSSR count). The number of benzene rings is 1. The lowest BCUT2D eigenvalue weighted by Crippen LogP contribution is -2.32. The van der Waals surface area contributed by atoms with Crippen LogP contribution in [0.25, 0.3) is 0 Å². The third-order valence-corrected chi connectivity index (χ3v) is 4.51. The summed E-state index contributed by atoms with van der Waals surface area (Å²) in [5.74, 6) is -0.732. The van der Waals surface area contributed by atoms with E-state index in [2.05, 4.69) is 15.6 Å². The number of rotatable bonds is 7. The standard InChI is InChI=1S/C18H22N4O4S/c1-12(2)21-18(24)16-5-3-4-15(22-16)17(23)20-11-10-13-6-8-14(9-7-13)27(19,25)26/h3-9,12H,10-11H2,1-2H3,(H,20,23)(H,21,24)(H2,19,25,26). The van der Waals surface area contributed by atoms with E-state index >= 15 is 0 Å². The van der Waals surface area contributed by atoms with Gasteiger partial charge in [0, 0.05) is 12.6 Å². The van der Waals surface area contributed by atoms with Crippen molar-refractivity contribution in [2.24, 2.45) is 5.14 Å². The summed E-state index contributed by atoms with van der Waals surface area (Å²) >= 11 is 0. The molecule has 4 N–H and O–H groups in total. The summed E-state index contributed by atoms with van der Waals surface area (Å²) in [6.45, 7) is 4.01. The van der Waals surface area contributed by atoms with E-state index in [0.29, 0.717) is 13.0 Å². The van der Waals surface area contributed by atoms with Gasteiger partial charge in [0.2, 0.25) is 10.0 Å². The Morgan fingerprint density at radius 1 is 1.04 bits per heavy atom. The molecule has 0 radical (unpaired) electrons. The van der Waals surface area contributed by atoms with E-state index in [0.717, 1.165) is 5.56 Å². The minimum atomic E-state index is -3.72.